The van der Waals surface area contributed by atoms with Crippen molar-refractivity contribution in [3.05, 3.63) is 23.5 Å². The molecule has 0 spiro atoms. The molecule has 1 aliphatic rings. The Morgan fingerprint density at radius 3 is 3.00 bits per heavy atom. The van der Waals surface area contributed by atoms with Gasteiger partial charge in [0.2, 0.25) is 0 Å². The van der Waals surface area contributed by atoms with Crippen LogP contribution in [-0.2, 0) is 4.74 Å². The Labute approximate surface area is 111 Å². The van der Waals surface area contributed by atoms with E-state index in [0.717, 1.165) is 26.1 Å². The second kappa shape index (κ2) is 6.56. The summed E-state index contributed by atoms with van der Waals surface area (Å²) in [7, 11) is 0. The molecule has 98 valence electrons. The number of nitrogens with zero attached hydrogens (tertiary/aromatic N) is 1. The molecule has 2 amide bonds. The number of ether oxygens (including phenoxy) is 1. The SMILES string of the molecule is O=C(NCC1CCOCC1)Nc1cccnc1Cl. The van der Waals surface area contributed by atoms with Crippen LogP contribution in [-0.4, -0.2) is 30.8 Å². The normalized spacial score (nSPS) is 16.3. The molecule has 0 bridgehead atoms. The highest BCUT2D eigenvalue weighted by Crippen LogP contribution is 2.17. The summed E-state index contributed by atoms with van der Waals surface area (Å²) < 4.78 is 5.26. The molecule has 0 aromatic carbocycles. The molecule has 1 aromatic heterocycles. The largest absolute Gasteiger partial charge is 0.381 e. The van der Waals surface area contributed by atoms with Gasteiger partial charge in [-0.05, 0) is 30.9 Å². The van der Waals surface area contributed by atoms with Crippen LogP contribution in [0.25, 0.3) is 0 Å². The van der Waals surface area contributed by atoms with Crippen LogP contribution in [0.3, 0.4) is 0 Å². The first kappa shape index (κ1) is 13.1. The minimum absolute atomic E-state index is 0.253. The fourth-order valence-electron chi connectivity index (χ4n) is 1.83. The maximum Gasteiger partial charge on any atom is 0.319 e. The van der Waals surface area contributed by atoms with Crippen LogP contribution < -0.4 is 10.6 Å². The summed E-state index contributed by atoms with van der Waals surface area (Å²) in [5.41, 5.74) is 0.517. The second-order valence-corrected chi connectivity index (χ2v) is 4.59. The van der Waals surface area contributed by atoms with Crippen molar-refractivity contribution in [3.63, 3.8) is 0 Å². The third kappa shape index (κ3) is 3.85. The van der Waals surface area contributed by atoms with Gasteiger partial charge in [-0.2, -0.15) is 0 Å². The van der Waals surface area contributed by atoms with E-state index in [9.17, 15) is 4.79 Å². The van der Waals surface area contributed by atoms with E-state index in [-0.39, 0.29) is 6.03 Å². The molecule has 1 aromatic rings. The van der Waals surface area contributed by atoms with Gasteiger partial charge in [0.15, 0.2) is 5.15 Å². The van der Waals surface area contributed by atoms with Gasteiger partial charge in [-0.15, -0.1) is 0 Å². The fourth-order valence-corrected chi connectivity index (χ4v) is 2.00. The van der Waals surface area contributed by atoms with Crippen LogP contribution >= 0.6 is 11.6 Å². The van der Waals surface area contributed by atoms with Crippen molar-refractivity contribution in [3.8, 4) is 0 Å². The Balaban J connectivity index is 1.76. The molecule has 0 atom stereocenters. The molecular formula is C12H16ClN3O2. The summed E-state index contributed by atoms with van der Waals surface area (Å²) in [6.07, 6.45) is 3.56. The van der Waals surface area contributed by atoms with E-state index in [1.807, 2.05) is 0 Å². The Morgan fingerprint density at radius 1 is 1.50 bits per heavy atom. The van der Waals surface area contributed by atoms with E-state index in [2.05, 4.69) is 15.6 Å². The van der Waals surface area contributed by atoms with Crippen molar-refractivity contribution in [1.29, 1.82) is 0 Å². The highest BCUT2D eigenvalue weighted by atomic mass is 35.5. The predicted octanol–water partition coefficient (Wildman–Crippen LogP) is 2.28. The van der Waals surface area contributed by atoms with Gasteiger partial charge in [-0.3, -0.25) is 0 Å². The highest BCUT2D eigenvalue weighted by molar-refractivity contribution is 6.32. The van der Waals surface area contributed by atoms with Gasteiger partial charge < -0.3 is 15.4 Å². The Morgan fingerprint density at radius 2 is 2.28 bits per heavy atom. The number of anilines is 1. The number of halogens is 1. The van der Waals surface area contributed by atoms with Crippen LogP contribution in [0.15, 0.2) is 18.3 Å². The first-order valence-electron chi connectivity index (χ1n) is 5.99. The molecule has 6 heteroatoms. The summed E-state index contributed by atoms with van der Waals surface area (Å²) in [6.45, 7) is 2.22. The second-order valence-electron chi connectivity index (χ2n) is 4.23. The van der Waals surface area contributed by atoms with Gasteiger partial charge in [0.1, 0.15) is 0 Å². The summed E-state index contributed by atoms with van der Waals surface area (Å²) in [6, 6.07) is 3.18. The van der Waals surface area contributed by atoms with Crippen LogP contribution in [0.1, 0.15) is 12.8 Å². The number of aromatic nitrogens is 1. The van der Waals surface area contributed by atoms with Gasteiger partial charge in [0.25, 0.3) is 0 Å². The van der Waals surface area contributed by atoms with Gasteiger partial charge in [0.05, 0.1) is 5.69 Å². The number of pyridine rings is 1. The van der Waals surface area contributed by atoms with Crippen molar-refractivity contribution >= 4 is 23.3 Å². The molecule has 0 saturated carbocycles. The molecule has 1 aliphatic heterocycles. The molecule has 2 rings (SSSR count). The molecule has 1 fully saturated rings. The number of amides is 2. The smallest absolute Gasteiger partial charge is 0.319 e. The standard InChI is InChI=1S/C12H16ClN3O2/c13-11-10(2-1-5-14-11)16-12(17)15-8-9-3-6-18-7-4-9/h1-2,5,9H,3-4,6-8H2,(H2,15,16,17). The third-order valence-corrected chi connectivity index (χ3v) is 3.20. The number of carbonyl (C=O) groups excluding carboxylic acids is 1. The lowest BCUT2D eigenvalue weighted by Gasteiger charge is -2.22. The molecular weight excluding hydrogens is 254 g/mol. The van der Waals surface area contributed by atoms with E-state index in [1.54, 1.807) is 18.3 Å². The zero-order valence-corrected chi connectivity index (χ0v) is 10.7. The molecule has 0 unspecified atom stereocenters. The lowest BCUT2D eigenvalue weighted by Crippen LogP contribution is -2.35. The van der Waals surface area contributed by atoms with Crippen molar-refractivity contribution < 1.29 is 9.53 Å². The molecule has 1 saturated heterocycles. The summed E-state index contributed by atoms with van der Waals surface area (Å²) in [5.74, 6) is 0.494. The van der Waals surface area contributed by atoms with Gasteiger partial charge >= 0.3 is 6.03 Å². The topological polar surface area (TPSA) is 63.2 Å². The molecule has 0 radical (unpaired) electrons. The fraction of sp³-hybridized carbons (Fsp3) is 0.500. The highest BCUT2D eigenvalue weighted by Gasteiger charge is 2.14. The quantitative estimate of drug-likeness (QED) is 0.828. The number of nitrogens with one attached hydrogen (secondary N) is 2. The van der Waals surface area contributed by atoms with E-state index in [1.165, 1.54) is 0 Å². The van der Waals surface area contributed by atoms with Crippen LogP contribution in [0, 0.1) is 5.92 Å². The van der Waals surface area contributed by atoms with Gasteiger partial charge in [0, 0.05) is 26.0 Å². The summed E-state index contributed by atoms with van der Waals surface area (Å²) >= 11 is 5.85. The average molecular weight is 270 g/mol. The monoisotopic (exact) mass is 269 g/mol. The van der Waals surface area contributed by atoms with Crippen molar-refractivity contribution in [1.82, 2.24) is 10.3 Å². The first-order valence-corrected chi connectivity index (χ1v) is 6.36. The molecule has 0 aliphatic carbocycles. The molecule has 2 N–H and O–H groups in total. The van der Waals surface area contributed by atoms with Crippen LogP contribution in [0.4, 0.5) is 10.5 Å². The van der Waals surface area contributed by atoms with Gasteiger partial charge in [-0.25, -0.2) is 9.78 Å². The van der Waals surface area contributed by atoms with Crippen LogP contribution in [0.5, 0.6) is 0 Å². The summed E-state index contributed by atoms with van der Waals surface area (Å²) in [5, 5.41) is 5.80. The Hall–Kier alpha value is -1.33. The zero-order valence-electron chi connectivity index (χ0n) is 9.99. The predicted molar refractivity (Wildman–Crippen MR) is 69.8 cm³/mol. The van der Waals surface area contributed by atoms with Crippen molar-refractivity contribution in [2.45, 2.75) is 12.8 Å². The number of carbonyl (C=O) groups is 1. The maximum absolute atomic E-state index is 11.7. The number of hydrogen-bond donors (Lipinski definition) is 2. The Kier molecular flexibility index (Phi) is 4.78. The van der Waals surface area contributed by atoms with Crippen LogP contribution in [0.2, 0.25) is 5.15 Å². The summed E-state index contributed by atoms with van der Waals surface area (Å²) in [4.78, 5) is 15.6. The lowest BCUT2D eigenvalue weighted by atomic mass is 10.0. The maximum atomic E-state index is 11.7. The Bertz CT molecular complexity index is 408. The number of rotatable bonds is 3. The van der Waals surface area contributed by atoms with E-state index >= 15 is 0 Å². The molecule has 5 nitrogen and oxygen atoms in total. The van der Waals surface area contributed by atoms with E-state index in [0.29, 0.717) is 23.3 Å². The molecule has 2 heterocycles. The number of hydrogen-bond acceptors (Lipinski definition) is 3. The first-order chi connectivity index (χ1) is 8.75. The van der Waals surface area contributed by atoms with E-state index < -0.39 is 0 Å². The van der Waals surface area contributed by atoms with E-state index in [4.69, 9.17) is 16.3 Å². The average Bonchev–Trinajstić information content (AvgIpc) is 2.40. The zero-order chi connectivity index (χ0) is 12.8. The number of urea groups is 1. The minimum atomic E-state index is -0.253. The minimum Gasteiger partial charge on any atom is -0.381 e. The van der Waals surface area contributed by atoms with Gasteiger partial charge in [-0.1, -0.05) is 11.6 Å². The van der Waals surface area contributed by atoms with Crippen molar-refractivity contribution in [2.24, 2.45) is 5.92 Å². The van der Waals surface area contributed by atoms with Crippen molar-refractivity contribution in [2.75, 3.05) is 25.1 Å². The molecule has 18 heavy (non-hydrogen) atoms. The lowest BCUT2D eigenvalue weighted by molar-refractivity contribution is 0.0671. The third-order valence-electron chi connectivity index (χ3n) is 2.90.